The number of ether oxygens (including phenoxy) is 1. The van der Waals surface area contributed by atoms with E-state index in [1.165, 1.54) is 15.3 Å². The predicted molar refractivity (Wildman–Crippen MR) is 149 cm³/mol. The molecule has 3 heterocycles. The number of carbonyl (C=O) groups is 3. The van der Waals surface area contributed by atoms with Crippen molar-refractivity contribution in [1.82, 2.24) is 4.98 Å². The van der Waals surface area contributed by atoms with Gasteiger partial charge in [-0.25, -0.2) is 4.79 Å². The third-order valence-electron chi connectivity index (χ3n) is 8.59. The Bertz CT molecular complexity index is 1530. The SMILES string of the molecule is CCOC(=O)c1ccc(N2C(=O)C3C4CC(C3C2=O)C2C(c3ccc(Cl)cc3)c3sc(=S)[nH]c3SC42)cc1. The molecular formula is C28H23ClN2O4S3. The minimum absolute atomic E-state index is 0.100. The summed E-state index contributed by atoms with van der Waals surface area (Å²) in [6.07, 6.45) is 0.880. The van der Waals surface area contributed by atoms with Gasteiger partial charge in [0.15, 0.2) is 3.95 Å². The monoisotopic (exact) mass is 582 g/mol. The number of thiazole rings is 1. The zero-order valence-corrected chi connectivity index (χ0v) is 23.5. The van der Waals surface area contributed by atoms with Crippen LogP contribution in [0.1, 0.15) is 40.1 Å². The predicted octanol–water partition coefficient (Wildman–Crippen LogP) is 6.31. The maximum Gasteiger partial charge on any atom is 0.338 e. The topological polar surface area (TPSA) is 79.5 Å². The normalized spacial score (nSPS) is 30.8. The summed E-state index contributed by atoms with van der Waals surface area (Å²) >= 11 is 15.1. The third kappa shape index (κ3) is 3.51. The first-order chi connectivity index (χ1) is 18.4. The molecule has 7 atom stereocenters. The number of H-pyrrole nitrogens is 1. The van der Waals surface area contributed by atoms with E-state index in [4.69, 9.17) is 28.6 Å². The zero-order chi connectivity index (χ0) is 26.3. The number of imide groups is 1. The van der Waals surface area contributed by atoms with Gasteiger partial charge in [-0.1, -0.05) is 23.7 Å². The van der Waals surface area contributed by atoms with Gasteiger partial charge in [-0.2, -0.15) is 0 Å². The van der Waals surface area contributed by atoms with Gasteiger partial charge in [0.05, 0.1) is 34.7 Å². The molecule has 6 nitrogen and oxygen atoms in total. The molecule has 0 radical (unpaired) electrons. The number of aromatic nitrogens is 1. The molecule has 2 bridgehead atoms. The average Bonchev–Trinajstić information content (AvgIpc) is 3.64. The van der Waals surface area contributed by atoms with Crippen LogP contribution in [0.2, 0.25) is 5.02 Å². The minimum atomic E-state index is -0.422. The Morgan fingerprint density at radius 2 is 1.76 bits per heavy atom. The lowest BCUT2D eigenvalue weighted by molar-refractivity contribution is -0.123. The molecule has 38 heavy (non-hydrogen) atoms. The molecule has 3 fully saturated rings. The summed E-state index contributed by atoms with van der Waals surface area (Å²) in [5.41, 5.74) is 2.07. The Labute approximate surface area is 237 Å². The van der Waals surface area contributed by atoms with E-state index >= 15 is 0 Å². The van der Waals surface area contributed by atoms with Gasteiger partial charge >= 0.3 is 5.97 Å². The van der Waals surface area contributed by atoms with Crippen molar-refractivity contribution < 1.29 is 19.1 Å². The van der Waals surface area contributed by atoms with Crippen LogP contribution in [0.5, 0.6) is 0 Å². The van der Waals surface area contributed by atoms with Crippen molar-refractivity contribution in [3.05, 3.63) is 73.5 Å². The standard InChI is InChI=1S/C28H23ClN2O4S3/c1-2-35-27(34)13-5-9-15(10-6-13)31-25(32)20-16-11-17(21(20)26(31)33)22-19(16)18(12-3-7-14(29)8-4-12)23-24(37-22)30-28(36)38-23/h3-10,16-22H,2,11H2,1H3,(H,30,36). The number of esters is 1. The Balaban J connectivity index is 1.25. The molecule has 194 valence electrons. The number of fused-ring (bicyclic) bond motifs is 9. The smallest absolute Gasteiger partial charge is 0.338 e. The van der Waals surface area contributed by atoms with E-state index in [0.717, 1.165) is 15.4 Å². The number of aromatic amines is 1. The van der Waals surface area contributed by atoms with E-state index in [1.807, 2.05) is 12.1 Å². The average molecular weight is 583 g/mol. The Hall–Kier alpha value is -2.46. The molecule has 2 aromatic carbocycles. The number of rotatable bonds is 4. The molecule has 3 aromatic rings. The first-order valence-corrected chi connectivity index (χ1v) is 15.2. The van der Waals surface area contributed by atoms with Crippen LogP contribution in [0.25, 0.3) is 0 Å². The molecule has 0 spiro atoms. The first-order valence-electron chi connectivity index (χ1n) is 12.7. The summed E-state index contributed by atoms with van der Waals surface area (Å²) in [5.74, 6) is -0.772. The largest absolute Gasteiger partial charge is 0.462 e. The van der Waals surface area contributed by atoms with Crippen molar-refractivity contribution in [2.45, 2.75) is 29.5 Å². The number of hydrogen-bond acceptors (Lipinski definition) is 7. The molecule has 7 rings (SSSR count). The maximum absolute atomic E-state index is 13.9. The van der Waals surface area contributed by atoms with Crippen molar-refractivity contribution in [2.75, 3.05) is 11.5 Å². The van der Waals surface area contributed by atoms with E-state index in [2.05, 4.69) is 17.1 Å². The molecule has 2 saturated carbocycles. The van der Waals surface area contributed by atoms with Crippen LogP contribution in [0.15, 0.2) is 53.6 Å². The zero-order valence-electron chi connectivity index (χ0n) is 20.3. The van der Waals surface area contributed by atoms with Crippen molar-refractivity contribution >= 4 is 70.4 Å². The van der Waals surface area contributed by atoms with Crippen LogP contribution in [0.3, 0.4) is 0 Å². The number of thioether (sulfide) groups is 1. The summed E-state index contributed by atoms with van der Waals surface area (Å²) in [5, 5.41) is 2.00. The van der Waals surface area contributed by atoms with Crippen LogP contribution in [0.4, 0.5) is 5.69 Å². The fourth-order valence-corrected chi connectivity index (χ4v) is 10.7. The number of hydrogen-bond donors (Lipinski definition) is 1. The molecule has 1 N–H and O–H groups in total. The number of halogens is 1. The number of amides is 2. The maximum atomic E-state index is 13.9. The highest BCUT2D eigenvalue weighted by Gasteiger charge is 2.69. The molecule has 2 aliphatic carbocycles. The van der Waals surface area contributed by atoms with Crippen molar-refractivity contribution in [3.8, 4) is 0 Å². The van der Waals surface area contributed by atoms with Gasteiger partial charge in [-0.15, -0.1) is 23.1 Å². The molecule has 2 aliphatic heterocycles. The molecule has 1 saturated heterocycles. The lowest BCUT2D eigenvalue weighted by Gasteiger charge is -2.43. The molecule has 10 heteroatoms. The lowest BCUT2D eigenvalue weighted by atomic mass is 9.68. The highest BCUT2D eigenvalue weighted by Crippen LogP contribution is 2.69. The van der Waals surface area contributed by atoms with Gasteiger partial charge in [0, 0.05) is 21.1 Å². The quantitative estimate of drug-likeness (QED) is 0.220. The fraction of sp³-hybridized carbons (Fsp3) is 0.357. The molecular weight excluding hydrogens is 560 g/mol. The second-order valence-electron chi connectivity index (χ2n) is 10.3. The van der Waals surface area contributed by atoms with Crippen LogP contribution in [-0.2, 0) is 14.3 Å². The summed E-state index contributed by atoms with van der Waals surface area (Å²) in [6.45, 7) is 2.03. The van der Waals surface area contributed by atoms with Gasteiger partial charge in [0.1, 0.15) is 0 Å². The van der Waals surface area contributed by atoms with Gasteiger partial charge in [0.2, 0.25) is 11.8 Å². The summed E-state index contributed by atoms with van der Waals surface area (Å²) in [6, 6.07) is 14.6. The van der Waals surface area contributed by atoms with E-state index in [-0.39, 0.29) is 59.2 Å². The van der Waals surface area contributed by atoms with Crippen molar-refractivity contribution in [2.24, 2.45) is 29.6 Å². The highest BCUT2D eigenvalue weighted by molar-refractivity contribution is 8.00. The first kappa shape index (κ1) is 24.6. The third-order valence-corrected chi connectivity index (χ3v) is 11.8. The van der Waals surface area contributed by atoms with Crippen molar-refractivity contribution in [3.63, 3.8) is 0 Å². The second kappa shape index (κ2) is 9.05. The lowest BCUT2D eigenvalue weighted by Crippen LogP contribution is -2.42. The number of nitrogens with zero attached hydrogens (tertiary/aromatic N) is 1. The second-order valence-corrected chi connectivity index (χ2v) is 13.6. The molecule has 7 unspecified atom stereocenters. The number of carbonyl (C=O) groups excluding carboxylic acids is 3. The highest BCUT2D eigenvalue weighted by atomic mass is 35.5. The van der Waals surface area contributed by atoms with Crippen LogP contribution >= 0.6 is 46.9 Å². The van der Waals surface area contributed by atoms with E-state index in [1.54, 1.807) is 54.3 Å². The minimum Gasteiger partial charge on any atom is -0.462 e. The summed E-state index contributed by atoms with van der Waals surface area (Å²) in [7, 11) is 0. The van der Waals surface area contributed by atoms with Crippen LogP contribution in [0, 0.1) is 33.5 Å². The Morgan fingerprint density at radius 1 is 1.08 bits per heavy atom. The summed E-state index contributed by atoms with van der Waals surface area (Å²) < 4.78 is 5.81. The van der Waals surface area contributed by atoms with Gasteiger partial charge < -0.3 is 9.72 Å². The van der Waals surface area contributed by atoms with Gasteiger partial charge in [0.25, 0.3) is 0 Å². The molecule has 4 aliphatic rings. The number of benzene rings is 2. The van der Waals surface area contributed by atoms with Crippen molar-refractivity contribution in [1.29, 1.82) is 0 Å². The summed E-state index contributed by atoms with van der Waals surface area (Å²) in [4.78, 5) is 45.7. The fourth-order valence-electron chi connectivity index (χ4n) is 7.28. The van der Waals surface area contributed by atoms with Crippen LogP contribution in [-0.4, -0.2) is 34.6 Å². The van der Waals surface area contributed by atoms with Crippen LogP contribution < -0.4 is 4.90 Å². The number of anilines is 1. The van der Waals surface area contributed by atoms with Gasteiger partial charge in [-0.3, -0.25) is 14.5 Å². The van der Waals surface area contributed by atoms with E-state index < -0.39 is 5.97 Å². The Kier molecular flexibility index (Phi) is 5.85. The molecule has 1 aromatic heterocycles. The van der Waals surface area contributed by atoms with E-state index in [0.29, 0.717) is 16.3 Å². The van der Waals surface area contributed by atoms with Gasteiger partial charge in [-0.05, 0) is 85.3 Å². The molecule has 2 amide bonds. The Morgan fingerprint density at radius 3 is 2.45 bits per heavy atom. The number of nitrogens with one attached hydrogen (secondary N) is 1. The van der Waals surface area contributed by atoms with E-state index in [9.17, 15) is 14.4 Å².